The molecule has 0 aliphatic rings. The predicted molar refractivity (Wildman–Crippen MR) is 91.9 cm³/mol. The monoisotopic (exact) mass is 363 g/mol. The van der Waals surface area contributed by atoms with Crippen LogP contribution in [0.5, 0.6) is 11.8 Å². The van der Waals surface area contributed by atoms with E-state index in [9.17, 15) is 8.42 Å². The third kappa shape index (κ3) is 3.97. The van der Waals surface area contributed by atoms with Crippen molar-refractivity contribution in [2.45, 2.75) is 13.5 Å². The number of nitrogens with two attached hydrogens (primary N) is 1. The van der Waals surface area contributed by atoms with Crippen molar-refractivity contribution in [2.75, 3.05) is 18.6 Å². The largest absolute Gasteiger partial charge is 0.464 e. The number of hydrogen-bond donors (Lipinski definition) is 1. The van der Waals surface area contributed by atoms with E-state index in [-0.39, 0.29) is 17.6 Å². The third-order valence-electron chi connectivity index (χ3n) is 3.27. The molecule has 3 aromatic rings. The number of anilines is 1. The van der Waals surface area contributed by atoms with E-state index in [0.717, 1.165) is 11.8 Å². The van der Waals surface area contributed by atoms with Crippen LogP contribution in [0.15, 0.2) is 30.6 Å². The highest BCUT2D eigenvalue weighted by molar-refractivity contribution is 7.86. The van der Waals surface area contributed by atoms with E-state index in [4.69, 9.17) is 14.7 Å². The highest BCUT2D eigenvalue weighted by Crippen LogP contribution is 2.21. The minimum absolute atomic E-state index is 0.200. The molecule has 1 aromatic carbocycles. The highest BCUT2D eigenvalue weighted by Gasteiger charge is 2.12. The van der Waals surface area contributed by atoms with Crippen LogP contribution in [-0.4, -0.2) is 40.8 Å². The first-order valence-corrected chi connectivity index (χ1v) is 9.27. The summed E-state index contributed by atoms with van der Waals surface area (Å²) in [4.78, 5) is 12.6. The molecule has 0 fully saturated rings. The van der Waals surface area contributed by atoms with E-state index >= 15 is 0 Å². The van der Waals surface area contributed by atoms with Gasteiger partial charge in [0.25, 0.3) is 0 Å². The van der Waals surface area contributed by atoms with Crippen LogP contribution in [-0.2, 0) is 16.7 Å². The molecule has 10 heteroatoms. The molecule has 0 aliphatic carbocycles. The average Bonchev–Trinajstić information content (AvgIpc) is 2.92. The lowest BCUT2D eigenvalue weighted by molar-refractivity contribution is 0.314. The Hall–Kier alpha value is -2.88. The molecule has 2 heterocycles. The summed E-state index contributed by atoms with van der Waals surface area (Å²) in [6, 6.07) is 6.90. The zero-order valence-corrected chi connectivity index (χ0v) is 14.5. The molecule has 0 aliphatic heterocycles. The summed E-state index contributed by atoms with van der Waals surface area (Å²) < 4.78 is 34.2. The number of benzene rings is 1. The first kappa shape index (κ1) is 17.0. The molecule has 2 N–H and O–H groups in total. The Balaban J connectivity index is 1.87. The van der Waals surface area contributed by atoms with Gasteiger partial charge in [0.1, 0.15) is 5.75 Å². The number of hydrogen-bond acceptors (Lipinski definition) is 8. The molecule has 0 saturated carbocycles. The van der Waals surface area contributed by atoms with Gasteiger partial charge in [-0.15, -0.1) is 0 Å². The number of aromatic nitrogens is 4. The molecule has 25 heavy (non-hydrogen) atoms. The number of nitrogen functional groups attached to an aromatic ring is 1. The van der Waals surface area contributed by atoms with Crippen LogP contribution in [0.1, 0.15) is 12.5 Å². The normalized spacial score (nSPS) is 11.6. The molecule has 0 atom stereocenters. The van der Waals surface area contributed by atoms with Crippen molar-refractivity contribution in [3.8, 4) is 11.8 Å². The van der Waals surface area contributed by atoms with E-state index in [1.165, 1.54) is 0 Å². The Morgan fingerprint density at radius 1 is 1.20 bits per heavy atom. The fraction of sp³-hybridized carbons (Fsp3) is 0.267. The van der Waals surface area contributed by atoms with Crippen LogP contribution in [0.2, 0.25) is 0 Å². The summed E-state index contributed by atoms with van der Waals surface area (Å²) in [5, 5.41) is 0. The van der Waals surface area contributed by atoms with Gasteiger partial charge >= 0.3 is 16.1 Å². The zero-order valence-electron chi connectivity index (χ0n) is 13.7. The standard InChI is InChI=1S/C15H17N5O4S/c1-3-23-15-18-13(16)12-14(19-15)20(9-17-12)8-10-4-6-11(7-5-10)24-25(2,21)22/h4-7,9H,3,8H2,1-2H3,(H2,16,18,19). The van der Waals surface area contributed by atoms with Crippen molar-refractivity contribution in [3.63, 3.8) is 0 Å². The molecule has 0 saturated heterocycles. The number of fused-ring (bicyclic) bond motifs is 1. The summed E-state index contributed by atoms with van der Waals surface area (Å²) in [7, 11) is -3.54. The second kappa shape index (κ2) is 6.55. The lowest BCUT2D eigenvalue weighted by atomic mass is 10.2. The van der Waals surface area contributed by atoms with Gasteiger partial charge in [0.2, 0.25) is 0 Å². The van der Waals surface area contributed by atoms with Crippen molar-refractivity contribution >= 4 is 27.1 Å². The van der Waals surface area contributed by atoms with Crippen molar-refractivity contribution in [3.05, 3.63) is 36.2 Å². The SMILES string of the molecule is CCOc1nc(N)c2ncn(Cc3ccc(OS(C)(=O)=O)cc3)c2n1. The van der Waals surface area contributed by atoms with E-state index in [0.29, 0.717) is 24.3 Å². The van der Waals surface area contributed by atoms with E-state index in [1.54, 1.807) is 30.6 Å². The first-order valence-electron chi connectivity index (χ1n) is 7.45. The summed E-state index contributed by atoms with van der Waals surface area (Å²) in [5.74, 6) is 0.510. The highest BCUT2D eigenvalue weighted by atomic mass is 32.2. The average molecular weight is 363 g/mol. The molecular formula is C15H17N5O4S. The van der Waals surface area contributed by atoms with Crippen molar-refractivity contribution in [2.24, 2.45) is 0 Å². The van der Waals surface area contributed by atoms with Gasteiger partial charge in [-0.3, -0.25) is 0 Å². The van der Waals surface area contributed by atoms with Gasteiger partial charge in [-0.1, -0.05) is 12.1 Å². The van der Waals surface area contributed by atoms with Gasteiger partial charge in [0, 0.05) is 0 Å². The summed E-state index contributed by atoms with van der Waals surface area (Å²) in [6.45, 7) is 2.74. The smallest absolute Gasteiger partial charge is 0.320 e. The maximum Gasteiger partial charge on any atom is 0.320 e. The van der Waals surface area contributed by atoms with E-state index in [1.807, 2.05) is 11.5 Å². The maximum atomic E-state index is 11.1. The zero-order chi connectivity index (χ0) is 18.0. The Labute approximate surface area is 144 Å². The minimum Gasteiger partial charge on any atom is -0.464 e. The molecule has 9 nitrogen and oxygen atoms in total. The van der Waals surface area contributed by atoms with Crippen LogP contribution in [0.4, 0.5) is 5.82 Å². The van der Waals surface area contributed by atoms with Crippen LogP contribution < -0.4 is 14.7 Å². The van der Waals surface area contributed by atoms with Crippen LogP contribution in [0.25, 0.3) is 11.2 Å². The van der Waals surface area contributed by atoms with E-state index in [2.05, 4.69) is 15.0 Å². The number of rotatable bonds is 6. The number of imidazole rings is 1. The van der Waals surface area contributed by atoms with Gasteiger partial charge in [-0.25, -0.2) is 4.98 Å². The lowest BCUT2D eigenvalue weighted by Gasteiger charge is -2.07. The first-order chi connectivity index (χ1) is 11.9. The number of ether oxygens (including phenoxy) is 1. The molecule has 0 bridgehead atoms. The lowest BCUT2D eigenvalue weighted by Crippen LogP contribution is -2.06. The van der Waals surface area contributed by atoms with Crippen LogP contribution in [0, 0.1) is 0 Å². The van der Waals surface area contributed by atoms with Gasteiger partial charge in [0.15, 0.2) is 17.0 Å². The molecule has 0 amide bonds. The summed E-state index contributed by atoms with van der Waals surface area (Å²) in [5.41, 5.74) is 7.87. The second-order valence-corrected chi connectivity index (χ2v) is 6.88. The van der Waals surface area contributed by atoms with Crippen molar-refractivity contribution in [1.82, 2.24) is 19.5 Å². The van der Waals surface area contributed by atoms with Gasteiger partial charge < -0.3 is 19.2 Å². The molecule has 3 rings (SSSR count). The van der Waals surface area contributed by atoms with Crippen LogP contribution in [0.3, 0.4) is 0 Å². The minimum atomic E-state index is -3.54. The Kier molecular flexibility index (Phi) is 4.45. The quantitative estimate of drug-likeness (QED) is 0.648. The molecule has 132 valence electrons. The Bertz CT molecular complexity index is 999. The van der Waals surface area contributed by atoms with Crippen molar-refractivity contribution in [1.29, 1.82) is 0 Å². The van der Waals surface area contributed by atoms with Crippen LogP contribution >= 0.6 is 0 Å². The fourth-order valence-electron chi connectivity index (χ4n) is 2.28. The third-order valence-corrected chi connectivity index (χ3v) is 3.76. The molecule has 0 unspecified atom stereocenters. The molecule has 2 aromatic heterocycles. The fourth-order valence-corrected chi connectivity index (χ4v) is 2.74. The summed E-state index contributed by atoms with van der Waals surface area (Å²) >= 11 is 0. The number of nitrogens with zero attached hydrogens (tertiary/aromatic N) is 4. The van der Waals surface area contributed by atoms with Gasteiger partial charge in [-0.05, 0) is 24.6 Å². The molecule has 0 spiro atoms. The predicted octanol–water partition coefficient (Wildman–Crippen LogP) is 1.19. The maximum absolute atomic E-state index is 11.1. The molecular weight excluding hydrogens is 346 g/mol. The second-order valence-electron chi connectivity index (χ2n) is 5.30. The van der Waals surface area contributed by atoms with E-state index < -0.39 is 10.1 Å². The molecule has 0 radical (unpaired) electrons. The van der Waals surface area contributed by atoms with Crippen molar-refractivity contribution < 1.29 is 17.3 Å². The Morgan fingerprint density at radius 3 is 2.56 bits per heavy atom. The topological polar surface area (TPSA) is 122 Å². The Morgan fingerprint density at radius 2 is 1.92 bits per heavy atom. The summed E-state index contributed by atoms with van der Waals surface area (Å²) in [6.07, 6.45) is 2.62. The van der Waals surface area contributed by atoms with Gasteiger partial charge in [0.05, 0.1) is 25.7 Å². The van der Waals surface area contributed by atoms with Gasteiger partial charge in [-0.2, -0.15) is 18.4 Å².